The first kappa shape index (κ1) is 24.6. The third kappa shape index (κ3) is 2.80. The fourth-order valence-electron chi connectivity index (χ4n) is 10.9. The summed E-state index contributed by atoms with van der Waals surface area (Å²) in [5.41, 5.74) is 0.453. The zero-order valence-corrected chi connectivity index (χ0v) is 22.5. The minimum atomic E-state index is -0.400. The van der Waals surface area contributed by atoms with Crippen molar-refractivity contribution in [2.75, 3.05) is 13.1 Å². The van der Waals surface area contributed by atoms with E-state index in [2.05, 4.69) is 25.3 Å². The van der Waals surface area contributed by atoms with E-state index in [9.17, 15) is 14.4 Å². The van der Waals surface area contributed by atoms with Crippen LogP contribution in [0.4, 0.5) is 0 Å². The molecule has 0 radical (unpaired) electrons. The SMILES string of the molecule is C=C1[C@H]2C[C@@]3([C@@H]1OC(=O)CCC)[C@@H](CC2=O)[C@@]12[C@@H](OC(=O)CCC)CC[C@@]4(C)CN(CC)[C@H]1[C@@H]3C[C@H]42. The molecule has 0 aromatic heterocycles. The molecule has 1 saturated heterocycles. The molecule has 6 fully saturated rings. The predicted molar refractivity (Wildman–Crippen MR) is 135 cm³/mol. The molecule has 198 valence electrons. The Morgan fingerprint density at radius 3 is 2.44 bits per heavy atom. The first-order valence-corrected chi connectivity index (χ1v) is 14.5. The number of rotatable bonds is 7. The fourth-order valence-corrected chi connectivity index (χ4v) is 10.9. The number of hydrogen-bond acceptors (Lipinski definition) is 6. The zero-order chi connectivity index (χ0) is 25.6. The molecular formula is C30H43NO5. The van der Waals surface area contributed by atoms with E-state index in [1.54, 1.807) is 0 Å². The standard InChI is InChI=1S/C30H43NO5/c1-6-9-24(33)35-23-11-12-28(5)16-31(8-3)26-19-13-21(28)30(23,26)22-14-20(32)18-15-29(19,22)27(17(18)4)36-25(34)10-7-2/h18-19,21-23,26-27H,4,6-16H2,1-3,5H3/t18-,19+,21-,22-,23+,26+,27-,28+,29+,30+/m1/s1. The van der Waals surface area contributed by atoms with E-state index in [1.165, 1.54) is 0 Å². The Bertz CT molecular complexity index is 1010. The number of piperidine rings is 1. The van der Waals surface area contributed by atoms with Gasteiger partial charge in [-0.05, 0) is 73.8 Å². The number of hydrogen-bond donors (Lipinski definition) is 0. The highest BCUT2D eigenvalue weighted by Gasteiger charge is 2.86. The summed E-state index contributed by atoms with van der Waals surface area (Å²) in [7, 11) is 0. The summed E-state index contributed by atoms with van der Waals surface area (Å²) < 4.78 is 12.7. The molecule has 5 aliphatic carbocycles. The van der Waals surface area contributed by atoms with Crippen LogP contribution in [-0.4, -0.2) is 54.0 Å². The van der Waals surface area contributed by atoms with Crippen molar-refractivity contribution in [3.63, 3.8) is 0 Å². The van der Waals surface area contributed by atoms with E-state index in [0.29, 0.717) is 31.1 Å². The van der Waals surface area contributed by atoms with Gasteiger partial charge in [-0.15, -0.1) is 0 Å². The number of fused-ring (bicyclic) bond motifs is 1. The summed E-state index contributed by atoms with van der Waals surface area (Å²) in [5.74, 6) is 0.589. The summed E-state index contributed by atoms with van der Waals surface area (Å²) >= 11 is 0. The molecule has 6 heteroatoms. The molecule has 10 atom stereocenters. The molecule has 0 aromatic carbocycles. The molecule has 0 N–H and O–H groups in total. The number of Topliss-reactive ketones (excluding diaryl/α,β-unsaturated/α-hetero) is 1. The second-order valence-corrected chi connectivity index (χ2v) is 13.1. The first-order valence-electron chi connectivity index (χ1n) is 14.5. The van der Waals surface area contributed by atoms with Crippen molar-refractivity contribution < 1.29 is 23.9 Å². The predicted octanol–water partition coefficient (Wildman–Crippen LogP) is 4.70. The largest absolute Gasteiger partial charge is 0.462 e. The Morgan fingerprint density at radius 1 is 1.08 bits per heavy atom. The summed E-state index contributed by atoms with van der Waals surface area (Å²) in [6.45, 7) is 15.1. The monoisotopic (exact) mass is 497 g/mol. The van der Waals surface area contributed by atoms with Crippen molar-refractivity contribution in [1.29, 1.82) is 0 Å². The van der Waals surface area contributed by atoms with E-state index in [4.69, 9.17) is 9.47 Å². The van der Waals surface area contributed by atoms with E-state index < -0.39 is 6.10 Å². The van der Waals surface area contributed by atoms with Crippen LogP contribution in [0.5, 0.6) is 0 Å². The lowest BCUT2D eigenvalue weighted by atomic mass is 9.43. The fraction of sp³-hybridized carbons (Fsp3) is 0.833. The first-order chi connectivity index (χ1) is 17.2. The van der Waals surface area contributed by atoms with Gasteiger partial charge in [-0.25, -0.2) is 0 Å². The maximum absolute atomic E-state index is 13.7. The number of esters is 2. The molecule has 0 amide bonds. The third-order valence-electron chi connectivity index (χ3n) is 11.7. The lowest BCUT2D eigenvalue weighted by Gasteiger charge is -2.65. The molecule has 0 aromatic rings. The van der Waals surface area contributed by atoms with Gasteiger partial charge in [0.1, 0.15) is 18.0 Å². The maximum atomic E-state index is 13.7. The molecule has 6 nitrogen and oxygen atoms in total. The summed E-state index contributed by atoms with van der Waals surface area (Å²) in [4.78, 5) is 42.1. The summed E-state index contributed by atoms with van der Waals surface area (Å²) in [6, 6.07) is 0.259. The Morgan fingerprint density at radius 2 is 1.78 bits per heavy atom. The van der Waals surface area contributed by atoms with Gasteiger partial charge in [-0.3, -0.25) is 19.3 Å². The van der Waals surface area contributed by atoms with Crippen LogP contribution in [0.2, 0.25) is 0 Å². The van der Waals surface area contributed by atoms with Crippen LogP contribution in [0.25, 0.3) is 0 Å². The second-order valence-electron chi connectivity index (χ2n) is 13.1. The van der Waals surface area contributed by atoms with Crippen LogP contribution in [0.15, 0.2) is 12.2 Å². The van der Waals surface area contributed by atoms with Gasteiger partial charge in [0.15, 0.2) is 0 Å². The number of ether oxygens (including phenoxy) is 2. The highest BCUT2D eigenvalue weighted by atomic mass is 16.6. The third-order valence-corrected chi connectivity index (χ3v) is 11.7. The van der Waals surface area contributed by atoms with Crippen molar-refractivity contribution in [3.05, 3.63) is 12.2 Å². The molecule has 6 aliphatic rings. The normalized spacial score (nSPS) is 48.2. The molecular weight excluding hydrogens is 454 g/mol. The van der Waals surface area contributed by atoms with Crippen molar-refractivity contribution >= 4 is 17.7 Å². The van der Waals surface area contributed by atoms with Gasteiger partial charge in [0.25, 0.3) is 0 Å². The van der Waals surface area contributed by atoms with Crippen LogP contribution in [0.3, 0.4) is 0 Å². The molecule has 1 heterocycles. The van der Waals surface area contributed by atoms with Gasteiger partial charge >= 0.3 is 11.9 Å². The minimum Gasteiger partial charge on any atom is -0.462 e. The number of ketones is 1. The number of carbonyl (C=O) groups is 3. The summed E-state index contributed by atoms with van der Waals surface area (Å²) in [5, 5.41) is 0. The molecule has 6 rings (SSSR count). The van der Waals surface area contributed by atoms with Crippen molar-refractivity contribution in [2.24, 2.45) is 39.9 Å². The van der Waals surface area contributed by atoms with Crippen LogP contribution in [-0.2, 0) is 23.9 Å². The smallest absolute Gasteiger partial charge is 0.306 e. The average Bonchev–Trinajstić information content (AvgIpc) is 3.35. The zero-order valence-electron chi connectivity index (χ0n) is 22.5. The van der Waals surface area contributed by atoms with Gasteiger partial charge in [0, 0.05) is 48.6 Å². The second kappa shape index (κ2) is 8.15. The van der Waals surface area contributed by atoms with Gasteiger partial charge in [-0.1, -0.05) is 34.3 Å². The topological polar surface area (TPSA) is 72.9 Å². The van der Waals surface area contributed by atoms with Crippen LogP contribution in [0.1, 0.15) is 85.5 Å². The maximum Gasteiger partial charge on any atom is 0.306 e. The van der Waals surface area contributed by atoms with Crippen molar-refractivity contribution in [3.8, 4) is 0 Å². The van der Waals surface area contributed by atoms with E-state index in [-0.39, 0.29) is 57.9 Å². The van der Waals surface area contributed by atoms with Crippen LogP contribution in [0, 0.1) is 39.9 Å². The average molecular weight is 498 g/mol. The Kier molecular flexibility index (Phi) is 5.58. The minimum absolute atomic E-state index is 0.0644. The van der Waals surface area contributed by atoms with Crippen molar-refractivity contribution in [2.45, 2.75) is 104 Å². The molecule has 36 heavy (non-hydrogen) atoms. The Labute approximate surface area is 215 Å². The van der Waals surface area contributed by atoms with E-state index >= 15 is 0 Å². The number of likely N-dealkylation sites (tertiary alicyclic amines) is 1. The Balaban J connectivity index is 1.51. The van der Waals surface area contributed by atoms with Crippen LogP contribution >= 0.6 is 0 Å². The van der Waals surface area contributed by atoms with Gasteiger partial charge < -0.3 is 9.47 Å². The molecule has 7 bridgehead atoms. The highest BCUT2D eigenvalue weighted by Crippen LogP contribution is 2.83. The Hall–Kier alpha value is -1.69. The molecule has 2 spiro atoms. The molecule has 0 unspecified atom stereocenters. The van der Waals surface area contributed by atoms with E-state index in [0.717, 1.165) is 57.2 Å². The van der Waals surface area contributed by atoms with E-state index in [1.807, 2.05) is 13.8 Å². The quantitative estimate of drug-likeness (QED) is 0.375. The van der Waals surface area contributed by atoms with Crippen LogP contribution < -0.4 is 0 Å². The van der Waals surface area contributed by atoms with Gasteiger partial charge in [0.2, 0.25) is 0 Å². The number of nitrogens with zero attached hydrogens (tertiary/aromatic N) is 1. The lowest BCUT2D eigenvalue weighted by Crippen LogP contribution is -2.69. The lowest BCUT2D eigenvalue weighted by molar-refractivity contribution is -0.225. The van der Waals surface area contributed by atoms with Crippen molar-refractivity contribution in [1.82, 2.24) is 4.90 Å². The van der Waals surface area contributed by atoms with Gasteiger partial charge in [0.05, 0.1) is 0 Å². The van der Waals surface area contributed by atoms with Gasteiger partial charge in [-0.2, -0.15) is 0 Å². The molecule has 1 aliphatic heterocycles. The number of carbonyl (C=O) groups excluding carboxylic acids is 3. The molecule has 5 saturated carbocycles. The highest BCUT2D eigenvalue weighted by molar-refractivity contribution is 5.87. The summed E-state index contributed by atoms with van der Waals surface area (Å²) in [6.07, 6.45) is 6.02.